The van der Waals surface area contributed by atoms with Crippen LogP contribution in [0.15, 0.2) is 29.8 Å². The topological polar surface area (TPSA) is 89.0 Å². The lowest BCUT2D eigenvalue weighted by molar-refractivity contribution is 0.0977. The summed E-state index contributed by atoms with van der Waals surface area (Å²) in [7, 11) is -3.58. The van der Waals surface area contributed by atoms with E-state index in [1.807, 2.05) is 10.8 Å². The highest BCUT2D eigenvalue weighted by Gasteiger charge is 2.18. The summed E-state index contributed by atoms with van der Waals surface area (Å²) in [5.41, 5.74) is 0.725. The van der Waals surface area contributed by atoms with Gasteiger partial charge in [-0.2, -0.15) is 0 Å². The molecule has 0 fully saturated rings. The Hall–Kier alpha value is -1.80. The van der Waals surface area contributed by atoms with Crippen LogP contribution in [-0.4, -0.2) is 30.0 Å². The number of rotatable bonds is 5. The van der Waals surface area contributed by atoms with Crippen LogP contribution in [0.5, 0.6) is 0 Å². The average molecular weight is 311 g/mol. The Morgan fingerprint density at radius 1 is 1.40 bits per heavy atom. The van der Waals surface area contributed by atoms with Gasteiger partial charge < -0.3 is 0 Å². The van der Waals surface area contributed by atoms with E-state index in [4.69, 9.17) is 0 Å². The maximum absolute atomic E-state index is 11.8. The molecule has 6 nitrogen and oxygen atoms in total. The molecule has 0 aliphatic heterocycles. The second kappa shape index (κ2) is 6.10. The highest BCUT2D eigenvalue weighted by molar-refractivity contribution is 7.90. The number of carbonyl (C=O) groups excluding carboxylic acids is 1. The van der Waals surface area contributed by atoms with Gasteiger partial charge in [-0.05, 0) is 18.6 Å². The molecule has 0 bridgehead atoms. The van der Waals surface area contributed by atoms with Gasteiger partial charge in [-0.3, -0.25) is 9.78 Å². The van der Waals surface area contributed by atoms with Gasteiger partial charge in [0.25, 0.3) is 5.91 Å². The van der Waals surface area contributed by atoms with Gasteiger partial charge in [-0.25, -0.2) is 18.1 Å². The van der Waals surface area contributed by atoms with Crippen molar-refractivity contribution in [2.75, 3.05) is 5.75 Å². The fourth-order valence-electron chi connectivity index (χ4n) is 1.50. The lowest BCUT2D eigenvalue weighted by Gasteiger charge is -2.03. The van der Waals surface area contributed by atoms with Gasteiger partial charge in [0, 0.05) is 11.6 Å². The number of thiazole rings is 1. The third kappa shape index (κ3) is 3.61. The molecule has 0 atom stereocenters. The number of pyridine rings is 1. The fraction of sp³-hybridized carbons (Fsp3) is 0.250. The molecule has 0 saturated heterocycles. The Morgan fingerprint density at radius 2 is 2.20 bits per heavy atom. The molecule has 20 heavy (non-hydrogen) atoms. The Kier molecular flexibility index (Phi) is 4.46. The van der Waals surface area contributed by atoms with Crippen molar-refractivity contribution in [3.63, 3.8) is 0 Å². The summed E-state index contributed by atoms with van der Waals surface area (Å²) in [6.45, 7) is 1.73. The zero-order valence-corrected chi connectivity index (χ0v) is 12.4. The number of carbonyl (C=O) groups is 1. The molecular formula is C12H13N3O3S2. The van der Waals surface area contributed by atoms with Gasteiger partial charge in [0.1, 0.15) is 10.7 Å². The second-order valence-corrected chi connectivity index (χ2v) is 6.70. The van der Waals surface area contributed by atoms with Crippen molar-refractivity contribution in [1.82, 2.24) is 14.7 Å². The largest absolute Gasteiger partial charge is 0.284 e. The molecule has 0 aliphatic rings. The minimum absolute atomic E-state index is 0.0790. The molecule has 1 N–H and O–H groups in total. The van der Waals surface area contributed by atoms with E-state index < -0.39 is 15.9 Å². The van der Waals surface area contributed by atoms with Crippen LogP contribution < -0.4 is 4.72 Å². The van der Waals surface area contributed by atoms with Crippen LogP contribution >= 0.6 is 11.3 Å². The van der Waals surface area contributed by atoms with Gasteiger partial charge >= 0.3 is 0 Å². The Balaban J connectivity index is 2.15. The minimum atomic E-state index is -3.58. The van der Waals surface area contributed by atoms with Crippen LogP contribution in [0.3, 0.4) is 0 Å². The number of hydrogen-bond donors (Lipinski definition) is 1. The van der Waals surface area contributed by atoms with Gasteiger partial charge in [0.05, 0.1) is 11.4 Å². The van der Waals surface area contributed by atoms with Crippen molar-refractivity contribution in [3.05, 3.63) is 35.5 Å². The summed E-state index contributed by atoms with van der Waals surface area (Å²) >= 11 is 1.24. The highest BCUT2D eigenvalue weighted by atomic mass is 32.2. The molecule has 2 heterocycles. The standard InChI is InChI=1S/C12H13N3O3S2/c1-2-7-20(17,18)15-11(16)10-8-19-12(14-10)9-5-3-4-6-13-9/h3-6,8H,2,7H2,1H3,(H,15,16). The monoisotopic (exact) mass is 311 g/mol. The zero-order chi connectivity index (χ0) is 14.6. The molecule has 1 amide bonds. The molecule has 8 heteroatoms. The molecule has 2 aromatic rings. The molecule has 0 aliphatic carbocycles. The van der Waals surface area contributed by atoms with E-state index in [1.54, 1.807) is 25.3 Å². The third-order valence-corrected chi connectivity index (χ3v) is 4.65. The lowest BCUT2D eigenvalue weighted by Crippen LogP contribution is -2.32. The molecule has 2 aromatic heterocycles. The smallest absolute Gasteiger partial charge is 0.266 e. The number of nitrogens with one attached hydrogen (secondary N) is 1. The highest BCUT2D eigenvalue weighted by Crippen LogP contribution is 2.21. The van der Waals surface area contributed by atoms with Crippen molar-refractivity contribution in [3.8, 4) is 10.7 Å². The Labute approximate surface area is 121 Å². The van der Waals surface area contributed by atoms with Gasteiger partial charge in [0.2, 0.25) is 10.0 Å². The van der Waals surface area contributed by atoms with E-state index in [-0.39, 0.29) is 11.4 Å². The van der Waals surface area contributed by atoms with Crippen LogP contribution in [-0.2, 0) is 10.0 Å². The van der Waals surface area contributed by atoms with Crippen molar-refractivity contribution in [2.45, 2.75) is 13.3 Å². The minimum Gasteiger partial charge on any atom is -0.266 e. The van der Waals surface area contributed by atoms with E-state index in [1.165, 1.54) is 16.7 Å². The predicted molar refractivity (Wildman–Crippen MR) is 76.9 cm³/mol. The van der Waals surface area contributed by atoms with E-state index in [2.05, 4.69) is 9.97 Å². The van der Waals surface area contributed by atoms with Crippen LogP contribution in [0, 0.1) is 0 Å². The first-order valence-corrected chi connectivity index (χ1v) is 8.47. The zero-order valence-electron chi connectivity index (χ0n) is 10.7. The summed E-state index contributed by atoms with van der Waals surface area (Å²) in [4.78, 5) is 20.0. The molecule has 106 valence electrons. The van der Waals surface area contributed by atoms with Gasteiger partial charge in [-0.1, -0.05) is 13.0 Å². The fourth-order valence-corrected chi connectivity index (χ4v) is 3.30. The first-order valence-electron chi connectivity index (χ1n) is 5.93. The maximum Gasteiger partial charge on any atom is 0.284 e. The van der Waals surface area contributed by atoms with E-state index in [9.17, 15) is 13.2 Å². The van der Waals surface area contributed by atoms with Crippen LogP contribution in [0.2, 0.25) is 0 Å². The van der Waals surface area contributed by atoms with Crippen molar-refractivity contribution >= 4 is 27.3 Å². The predicted octanol–water partition coefficient (Wildman–Crippen LogP) is 1.67. The van der Waals surface area contributed by atoms with Crippen LogP contribution in [0.1, 0.15) is 23.8 Å². The second-order valence-electron chi connectivity index (χ2n) is 4.00. The molecule has 0 saturated carbocycles. The van der Waals surface area contributed by atoms with Crippen LogP contribution in [0.25, 0.3) is 10.7 Å². The first kappa shape index (κ1) is 14.6. The molecule has 0 aromatic carbocycles. The Bertz CT molecular complexity index is 696. The average Bonchev–Trinajstić information content (AvgIpc) is 2.88. The van der Waals surface area contributed by atoms with Gasteiger partial charge in [0.15, 0.2) is 0 Å². The number of aromatic nitrogens is 2. The number of nitrogens with zero attached hydrogens (tertiary/aromatic N) is 2. The van der Waals surface area contributed by atoms with Crippen LogP contribution in [0.4, 0.5) is 0 Å². The van der Waals surface area contributed by atoms with Crippen molar-refractivity contribution in [1.29, 1.82) is 0 Å². The van der Waals surface area contributed by atoms with E-state index >= 15 is 0 Å². The summed E-state index contributed by atoms with van der Waals surface area (Å²) in [5.74, 6) is -0.799. The SMILES string of the molecule is CCCS(=O)(=O)NC(=O)c1csc(-c2ccccn2)n1. The Morgan fingerprint density at radius 3 is 2.85 bits per heavy atom. The molecule has 0 radical (unpaired) electrons. The molecule has 0 unspecified atom stereocenters. The molecular weight excluding hydrogens is 298 g/mol. The number of amides is 1. The third-order valence-electron chi connectivity index (χ3n) is 2.34. The molecule has 2 rings (SSSR count). The maximum atomic E-state index is 11.8. The quantitative estimate of drug-likeness (QED) is 0.907. The first-order chi connectivity index (χ1) is 9.52. The van der Waals surface area contributed by atoms with Crippen molar-refractivity contribution in [2.24, 2.45) is 0 Å². The summed E-state index contributed by atoms with van der Waals surface area (Å²) in [6.07, 6.45) is 2.07. The summed E-state index contributed by atoms with van der Waals surface area (Å²) in [6, 6.07) is 5.37. The molecule has 0 spiro atoms. The normalized spacial score (nSPS) is 11.2. The van der Waals surface area contributed by atoms with E-state index in [0.717, 1.165) is 0 Å². The van der Waals surface area contributed by atoms with E-state index in [0.29, 0.717) is 17.1 Å². The summed E-state index contributed by atoms with van der Waals surface area (Å²) < 4.78 is 25.0. The number of sulfonamides is 1. The van der Waals surface area contributed by atoms with Gasteiger partial charge in [-0.15, -0.1) is 11.3 Å². The number of hydrogen-bond acceptors (Lipinski definition) is 6. The summed E-state index contributed by atoms with van der Waals surface area (Å²) in [5, 5.41) is 2.09. The lowest BCUT2D eigenvalue weighted by atomic mass is 10.4. The van der Waals surface area contributed by atoms with Crippen molar-refractivity contribution < 1.29 is 13.2 Å².